The Morgan fingerprint density at radius 1 is 1.38 bits per heavy atom. The van der Waals surface area contributed by atoms with E-state index in [0.29, 0.717) is 35.1 Å². The quantitative estimate of drug-likeness (QED) is 0.810. The summed E-state index contributed by atoms with van der Waals surface area (Å²) in [5.41, 5.74) is 1.32. The number of carbonyl (C=O) groups excluding carboxylic acids is 1. The molecule has 0 spiro atoms. The zero-order valence-electron chi connectivity index (χ0n) is 11.2. The molecule has 6 nitrogen and oxygen atoms in total. The minimum atomic E-state index is -3.68. The van der Waals surface area contributed by atoms with E-state index in [1.807, 2.05) is 0 Å². The van der Waals surface area contributed by atoms with Crippen LogP contribution in [0.2, 0.25) is 0 Å². The van der Waals surface area contributed by atoms with Crippen molar-refractivity contribution in [2.45, 2.75) is 30.3 Å². The lowest BCUT2D eigenvalue weighted by Gasteiger charge is -2.29. The van der Waals surface area contributed by atoms with Gasteiger partial charge in [0.25, 0.3) is 0 Å². The second kappa shape index (κ2) is 5.35. The van der Waals surface area contributed by atoms with E-state index >= 15 is 0 Å². The summed E-state index contributed by atoms with van der Waals surface area (Å²) >= 11 is 3.27. The van der Waals surface area contributed by atoms with Crippen LogP contribution in [0.5, 0.6) is 0 Å². The Morgan fingerprint density at radius 2 is 2.14 bits per heavy atom. The van der Waals surface area contributed by atoms with E-state index in [2.05, 4.69) is 21.2 Å². The molecule has 0 aliphatic carbocycles. The Morgan fingerprint density at radius 3 is 2.86 bits per heavy atom. The van der Waals surface area contributed by atoms with Gasteiger partial charge in [0.2, 0.25) is 15.9 Å². The first-order valence-electron chi connectivity index (χ1n) is 6.68. The average molecular weight is 375 g/mol. The zero-order chi connectivity index (χ0) is 15.2. The molecule has 0 saturated carbocycles. The number of carbonyl (C=O) groups is 1. The fraction of sp³-hybridized carbons (Fsp3) is 0.462. The summed E-state index contributed by atoms with van der Waals surface area (Å²) in [7, 11) is -3.68. The number of rotatable bonds is 2. The summed E-state index contributed by atoms with van der Waals surface area (Å²) in [5.74, 6) is -0.139. The van der Waals surface area contributed by atoms with Crippen molar-refractivity contribution >= 4 is 37.5 Å². The number of hydrogen-bond donors (Lipinski definition) is 2. The third-order valence-electron chi connectivity index (χ3n) is 3.76. The number of hydrogen-bond acceptors (Lipinski definition) is 4. The Labute approximate surface area is 131 Å². The maximum Gasteiger partial charge on any atom is 0.244 e. The standard InChI is InChI=1S/C13H15BrN2O4S/c14-10-6-11-8(5-13(18)15-11)4-12(10)21(19,20)16-3-1-2-9(17)7-16/h4,6,9,17H,1-3,5,7H2,(H,15,18)/t9-/m0/s1. The average Bonchev–Trinajstić information content (AvgIpc) is 2.76. The third-order valence-corrected chi connectivity index (χ3v) is 6.58. The smallest absolute Gasteiger partial charge is 0.244 e. The number of benzene rings is 1. The van der Waals surface area contributed by atoms with Gasteiger partial charge in [-0.2, -0.15) is 4.31 Å². The molecule has 21 heavy (non-hydrogen) atoms. The van der Waals surface area contributed by atoms with E-state index in [4.69, 9.17) is 0 Å². The number of β-amino-alcohol motifs (C(OH)–C–C–N with tert-alkyl or cyclic N) is 1. The van der Waals surface area contributed by atoms with Crippen LogP contribution in [-0.4, -0.2) is 42.9 Å². The van der Waals surface area contributed by atoms with Crippen LogP contribution in [-0.2, 0) is 21.2 Å². The lowest BCUT2D eigenvalue weighted by atomic mass is 10.1. The molecular formula is C13H15BrN2O4S. The molecule has 0 aromatic heterocycles. The maximum absolute atomic E-state index is 12.7. The number of anilines is 1. The van der Waals surface area contributed by atoms with E-state index in [-0.39, 0.29) is 23.8 Å². The maximum atomic E-state index is 12.7. The molecule has 1 aromatic rings. The van der Waals surface area contributed by atoms with Gasteiger partial charge in [0.05, 0.1) is 17.4 Å². The molecule has 1 atom stereocenters. The highest BCUT2D eigenvalue weighted by molar-refractivity contribution is 9.10. The Hall–Kier alpha value is -0.960. The number of nitrogens with zero attached hydrogens (tertiary/aromatic N) is 1. The summed E-state index contributed by atoms with van der Waals surface area (Å²) in [6.45, 7) is 0.517. The number of aliphatic hydroxyl groups is 1. The van der Waals surface area contributed by atoms with Gasteiger partial charge in [-0.3, -0.25) is 4.79 Å². The van der Waals surface area contributed by atoms with Gasteiger partial charge in [-0.15, -0.1) is 0 Å². The van der Waals surface area contributed by atoms with Crippen molar-refractivity contribution < 1.29 is 18.3 Å². The van der Waals surface area contributed by atoms with Crippen molar-refractivity contribution in [1.29, 1.82) is 0 Å². The van der Waals surface area contributed by atoms with E-state index in [0.717, 1.165) is 0 Å². The Balaban J connectivity index is 2.00. The molecule has 114 valence electrons. The molecule has 2 aliphatic rings. The number of nitrogens with one attached hydrogen (secondary N) is 1. The van der Waals surface area contributed by atoms with Crippen LogP contribution in [0.15, 0.2) is 21.5 Å². The fourth-order valence-electron chi connectivity index (χ4n) is 2.70. The molecule has 0 bridgehead atoms. The lowest BCUT2D eigenvalue weighted by molar-refractivity contribution is -0.115. The second-order valence-corrected chi connectivity index (χ2v) is 8.08. The SMILES string of the molecule is O=C1Cc2cc(S(=O)(=O)N3CCC[C@H](O)C3)c(Br)cc2N1. The molecular weight excluding hydrogens is 360 g/mol. The van der Waals surface area contributed by atoms with Gasteiger partial charge in [-0.1, -0.05) is 0 Å². The van der Waals surface area contributed by atoms with Gasteiger partial charge in [-0.05, 0) is 46.5 Å². The van der Waals surface area contributed by atoms with Crippen molar-refractivity contribution in [3.05, 3.63) is 22.2 Å². The van der Waals surface area contributed by atoms with E-state index in [1.54, 1.807) is 6.07 Å². The Kier molecular flexibility index (Phi) is 3.81. The summed E-state index contributed by atoms with van der Waals surface area (Å²) < 4.78 is 27.2. The number of halogens is 1. The zero-order valence-corrected chi connectivity index (χ0v) is 13.6. The van der Waals surface area contributed by atoms with Crippen LogP contribution < -0.4 is 5.32 Å². The van der Waals surface area contributed by atoms with Gasteiger partial charge in [0, 0.05) is 23.2 Å². The molecule has 1 fully saturated rings. The number of aliphatic hydroxyl groups excluding tert-OH is 1. The predicted molar refractivity (Wildman–Crippen MR) is 80.5 cm³/mol. The van der Waals surface area contributed by atoms with Gasteiger partial charge in [0.15, 0.2) is 0 Å². The first-order valence-corrected chi connectivity index (χ1v) is 8.92. The van der Waals surface area contributed by atoms with E-state index in [9.17, 15) is 18.3 Å². The van der Waals surface area contributed by atoms with Crippen molar-refractivity contribution in [3.63, 3.8) is 0 Å². The number of piperidine rings is 1. The number of fused-ring (bicyclic) bond motifs is 1. The number of amides is 1. The van der Waals surface area contributed by atoms with Gasteiger partial charge in [0.1, 0.15) is 0 Å². The van der Waals surface area contributed by atoms with Crippen LogP contribution in [0.1, 0.15) is 18.4 Å². The van der Waals surface area contributed by atoms with Crippen molar-refractivity contribution in [3.8, 4) is 0 Å². The molecule has 0 radical (unpaired) electrons. The van der Waals surface area contributed by atoms with Crippen LogP contribution in [0.25, 0.3) is 0 Å². The van der Waals surface area contributed by atoms with E-state index < -0.39 is 16.1 Å². The van der Waals surface area contributed by atoms with Gasteiger partial charge >= 0.3 is 0 Å². The first kappa shape index (κ1) is 15.0. The Bertz CT molecular complexity index is 704. The van der Waals surface area contributed by atoms with Gasteiger partial charge < -0.3 is 10.4 Å². The topological polar surface area (TPSA) is 86.7 Å². The molecule has 0 unspecified atom stereocenters. The largest absolute Gasteiger partial charge is 0.392 e. The molecule has 1 saturated heterocycles. The molecule has 2 aliphatic heterocycles. The van der Waals surface area contributed by atoms with Crippen molar-refractivity contribution in [2.24, 2.45) is 0 Å². The summed E-state index contributed by atoms with van der Waals surface area (Å²) in [6, 6.07) is 3.15. The molecule has 2 N–H and O–H groups in total. The van der Waals surface area contributed by atoms with E-state index in [1.165, 1.54) is 10.4 Å². The summed E-state index contributed by atoms with van der Waals surface area (Å²) in [5, 5.41) is 12.4. The van der Waals surface area contributed by atoms with Gasteiger partial charge in [-0.25, -0.2) is 8.42 Å². The highest BCUT2D eigenvalue weighted by Crippen LogP contribution is 2.34. The monoisotopic (exact) mass is 374 g/mol. The van der Waals surface area contributed by atoms with Crippen molar-refractivity contribution in [1.82, 2.24) is 4.31 Å². The highest BCUT2D eigenvalue weighted by atomic mass is 79.9. The second-order valence-electron chi connectivity index (χ2n) is 5.32. The number of sulfonamides is 1. The normalized spacial score (nSPS) is 23.0. The minimum absolute atomic E-state index is 0.114. The molecule has 3 rings (SSSR count). The van der Waals surface area contributed by atoms with Crippen LogP contribution in [0.3, 0.4) is 0 Å². The van der Waals surface area contributed by atoms with Crippen LogP contribution in [0.4, 0.5) is 5.69 Å². The highest BCUT2D eigenvalue weighted by Gasteiger charge is 2.32. The summed E-state index contributed by atoms with van der Waals surface area (Å²) in [6.07, 6.45) is 0.831. The molecule has 1 amide bonds. The van der Waals surface area contributed by atoms with Crippen molar-refractivity contribution in [2.75, 3.05) is 18.4 Å². The van der Waals surface area contributed by atoms with Crippen LogP contribution in [0, 0.1) is 0 Å². The first-order chi connectivity index (χ1) is 9.88. The predicted octanol–water partition coefficient (Wildman–Crippen LogP) is 1.09. The molecule has 2 heterocycles. The lowest BCUT2D eigenvalue weighted by Crippen LogP contribution is -2.42. The third kappa shape index (κ3) is 2.73. The molecule has 8 heteroatoms. The molecule has 1 aromatic carbocycles. The minimum Gasteiger partial charge on any atom is -0.392 e. The van der Waals surface area contributed by atoms with Crippen LogP contribution >= 0.6 is 15.9 Å². The summed E-state index contributed by atoms with van der Waals surface area (Å²) in [4.78, 5) is 11.5. The fourth-order valence-corrected chi connectivity index (χ4v) is 5.27.